The third-order valence-electron chi connectivity index (χ3n) is 25.4. The van der Waals surface area contributed by atoms with Crippen molar-refractivity contribution in [2.75, 3.05) is 13.2 Å². The van der Waals surface area contributed by atoms with Gasteiger partial charge in [-0.15, -0.1) is 0 Å². The summed E-state index contributed by atoms with van der Waals surface area (Å²) < 4.78 is 44.7. The Balaban J connectivity index is 0.000000190. The first kappa shape index (κ1) is 79.7. The normalized spacial score (nSPS) is 31.0. The second-order valence-electron chi connectivity index (χ2n) is 34.7. The van der Waals surface area contributed by atoms with Crippen molar-refractivity contribution in [1.82, 2.24) is 0 Å². The van der Waals surface area contributed by atoms with Crippen LogP contribution in [0.5, 0.6) is 0 Å². The summed E-state index contributed by atoms with van der Waals surface area (Å²) >= 11 is 0. The van der Waals surface area contributed by atoms with Crippen LogP contribution < -0.4 is 0 Å². The molecule has 3 heterocycles. The summed E-state index contributed by atoms with van der Waals surface area (Å²) in [5.41, 5.74) is -2.43. The molecule has 16 nitrogen and oxygen atoms in total. The average molecular weight is 1340 g/mol. The van der Waals surface area contributed by atoms with Gasteiger partial charge < -0.3 is 37.9 Å². The van der Waals surface area contributed by atoms with Gasteiger partial charge in [-0.05, 0) is 245 Å². The maximum Gasteiger partial charge on any atom is 0.344 e. The standard InChI is InChI=1S/C19H32O2.C18H26O6.C14H20O4.C14H26O2.C14H28O2/c1-6-18(4,5)17(20)21-19(12(2)3)15-8-13-7-14(10-15)11-16(19)9-13;1-4-18(2,3)17(21)22-9-14(19)24-15-11-5-10-6-12(8-11)16(20)23-13(15)7-10;1-4-14(2,3)13(16)18-10-7-5-8-9(6-7)12(15)17-11(8)10;1-6-13(4,5)12(15)16-14(11(2)3)9-7-8-10-14;1-5-7-8-9-10-11-12-16-13(15)14(3,4)6-2/h12-16H,6-11H2,1-5H3;10-13,15H,4-9H2,1-3H3;7-11H,4-6H2,1-3H3;11H,6-10H2,1-5H3;5-12H2,1-4H3. The lowest BCUT2D eigenvalue weighted by molar-refractivity contribution is -0.231. The third-order valence-corrected chi connectivity index (χ3v) is 25.4. The van der Waals surface area contributed by atoms with Gasteiger partial charge in [0.15, 0.2) is 6.61 Å². The van der Waals surface area contributed by atoms with Gasteiger partial charge in [0.1, 0.15) is 35.6 Å². The predicted octanol–water partition coefficient (Wildman–Crippen LogP) is 17.2. The van der Waals surface area contributed by atoms with Crippen molar-refractivity contribution in [3.05, 3.63) is 0 Å². The first-order valence-corrected chi connectivity index (χ1v) is 38.0. The van der Waals surface area contributed by atoms with Gasteiger partial charge in [-0.1, -0.05) is 101 Å². The lowest BCUT2D eigenvalue weighted by Crippen LogP contribution is -2.63. The van der Waals surface area contributed by atoms with Crippen molar-refractivity contribution in [1.29, 1.82) is 0 Å². The molecule has 0 radical (unpaired) electrons. The second kappa shape index (κ2) is 33.3. The van der Waals surface area contributed by atoms with Crippen LogP contribution in [0.2, 0.25) is 0 Å². The lowest BCUT2D eigenvalue weighted by atomic mass is 9.47. The van der Waals surface area contributed by atoms with E-state index in [0.717, 1.165) is 95.3 Å². The van der Waals surface area contributed by atoms with Crippen molar-refractivity contribution in [2.45, 2.75) is 341 Å². The molecule has 0 spiro atoms. The fourth-order valence-electron chi connectivity index (χ4n) is 16.8. The van der Waals surface area contributed by atoms with Crippen LogP contribution >= 0.6 is 0 Å². The number of esters is 8. The molecule has 12 fully saturated rings. The number of rotatable bonds is 25. The summed E-state index contributed by atoms with van der Waals surface area (Å²) in [7, 11) is 0. The van der Waals surface area contributed by atoms with Gasteiger partial charge in [0.2, 0.25) is 0 Å². The minimum absolute atomic E-state index is 0.0226. The van der Waals surface area contributed by atoms with Crippen LogP contribution in [0.1, 0.15) is 305 Å². The van der Waals surface area contributed by atoms with Crippen LogP contribution in [-0.4, -0.2) is 96.6 Å². The SMILES string of the molecule is CCC(C)(C)C(=O)OC1(C(C)C)C2CC3CC(C2)CC1C3.CCC(C)(C)C(=O)OC1(C(C)C)CCCC1.CCC(C)(C)C(=O)OC1C2CC3C(=O)OC1C3C2.CCC(C)(C)C(=O)OCC(=O)OC1C2CC3CC(C2)C(=O)OC1C3.CCCCCCCCOC(=O)C(C)(C)CC. The number of carbonyl (C=O) groups is 8. The maximum atomic E-state index is 12.8. The van der Waals surface area contributed by atoms with Crippen molar-refractivity contribution < 1.29 is 76.3 Å². The van der Waals surface area contributed by atoms with E-state index in [-0.39, 0.29) is 106 Å². The molecule has 10 bridgehead atoms. The number of hydrogen-bond acceptors (Lipinski definition) is 16. The minimum atomic E-state index is -0.615. The quantitative estimate of drug-likeness (QED) is 0.0472. The molecule has 0 aromatic rings. The Morgan fingerprint density at radius 3 is 1.48 bits per heavy atom. The summed E-state index contributed by atoms with van der Waals surface area (Å²) in [6, 6.07) is 0. The summed E-state index contributed by atoms with van der Waals surface area (Å²) in [6.07, 6.45) is 26.4. The van der Waals surface area contributed by atoms with Gasteiger partial charge in [0.25, 0.3) is 0 Å². The maximum absolute atomic E-state index is 12.8. The highest BCUT2D eigenvalue weighted by Gasteiger charge is 2.64. The zero-order valence-corrected chi connectivity index (χ0v) is 63.1. The molecule has 10 atom stereocenters. The summed E-state index contributed by atoms with van der Waals surface area (Å²) in [6.45, 7) is 40.5. The van der Waals surface area contributed by atoms with Crippen molar-refractivity contribution in [3.63, 3.8) is 0 Å². The highest BCUT2D eigenvalue weighted by Crippen LogP contribution is 2.62. The monoisotopic (exact) mass is 1340 g/mol. The van der Waals surface area contributed by atoms with Crippen LogP contribution in [0, 0.1) is 98.1 Å². The predicted molar refractivity (Wildman–Crippen MR) is 367 cm³/mol. The van der Waals surface area contributed by atoms with Gasteiger partial charge in [0, 0.05) is 17.8 Å². The molecule has 16 heteroatoms. The number of carbonyl (C=O) groups excluding carboxylic acids is 8. The van der Waals surface area contributed by atoms with E-state index >= 15 is 0 Å². The van der Waals surface area contributed by atoms with Crippen molar-refractivity contribution in [2.24, 2.45) is 98.1 Å². The van der Waals surface area contributed by atoms with Gasteiger partial charge in [0.05, 0.1) is 45.5 Å². The molecule has 3 aliphatic heterocycles. The molecule has 12 rings (SSSR count). The minimum Gasteiger partial charge on any atom is -0.465 e. The molecule has 9 aliphatic carbocycles. The molecule has 0 amide bonds. The zero-order chi connectivity index (χ0) is 70.8. The molecule has 9 saturated carbocycles. The topological polar surface area (TPSA) is 210 Å². The summed E-state index contributed by atoms with van der Waals surface area (Å²) in [5, 5.41) is 0. The molecule has 10 unspecified atom stereocenters. The molecule has 544 valence electrons. The third kappa shape index (κ3) is 19.2. The average Bonchev–Trinajstić information content (AvgIpc) is 1.41. The van der Waals surface area contributed by atoms with Crippen molar-refractivity contribution in [3.8, 4) is 0 Å². The van der Waals surface area contributed by atoms with E-state index in [0.29, 0.717) is 54.5 Å². The van der Waals surface area contributed by atoms with E-state index < -0.39 is 28.9 Å². The Hall–Kier alpha value is -4.24. The van der Waals surface area contributed by atoms with Crippen molar-refractivity contribution >= 4 is 47.8 Å². The Bertz CT molecular complexity index is 2560. The van der Waals surface area contributed by atoms with E-state index in [1.165, 1.54) is 77.0 Å². The van der Waals surface area contributed by atoms with Gasteiger partial charge in [-0.3, -0.25) is 33.6 Å². The number of hydrogen-bond donors (Lipinski definition) is 0. The van der Waals surface area contributed by atoms with E-state index in [9.17, 15) is 38.4 Å². The lowest BCUT2D eigenvalue weighted by Gasteiger charge is -2.62. The summed E-state index contributed by atoms with van der Waals surface area (Å²) in [5.74, 6) is 3.82. The molecule has 0 aromatic heterocycles. The van der Waals surface area contributed by atoms with Crippen LogP contribution in [0.4, 0.5) is 0 Å². The fourth-order valence-corrected chi connectivity index (χ4v) is 16.8. The Morgan fingerprint density at radius 1 is 0.474 bits per heavy atom. The first-order valence-electron chi connectivity index (χ1n) is 38.0. The number of fused-ring (bicyclic) bond motifs is 2. The highest BCUT2D eigenvalue weighted by molar-refractivity contribution is 5.81. The molecule has 3 saturated heterocycles. The Morgan fingerprint density at radius 2 is 0.958 bits per heavy atom. The Kier molecular flexibility index (Phi) is 27.9. The smallest absolute Gasteiger partial charge is 0.344 e. The molecular formula is C79H132O16. The van der Waals surface area contributed by atoms with Crippen LogP contribution in [-0.2, 0) is 76.3 Å². The molecule has 0 N–H and O–H groups in total. The highest BCUT2D eigenvalue weighted by atomic mass is 16.6. The van der Waals surface area contributed by atoms with E-state index in [1.807, 2.05) is 83.1 Å². The Labute approximate surface area is 573 Å². The zero-order valence-electron chi connectivity index (χ0n) is 63.1. The largest absolute Gasteiger partial charge is 0.465 e. The van der Waals surface area contributed by atoms with Crippen LogP contribution in [0.25, 0.3) is 0 Å². The molecule has 0 aromatic carbocycles. The van der Waals surface area contributed by atoms with Crippen LogP contribution in [0.3, 0.4) is 0 Å². The van der Waals surface area contributed by atoms with E-state index in [1.54, 1.807) is 13.8 Å². The first-order chi connectivity index (χ1) is 44.4. The number of unbranched alkanes of at least 4 members (excludes halogenated alkanes) is 5. The van der Waals surface area contributed by atoms with Gasteiger partial charge in [-0.25, -0.2) is 4.79 Å². The van der Waals surface area contributed by atoms with Gasteiger partial charge >= 0.3 is 47.8 Å². The fraction of sp³-hybridized carbons (Fsp3) is 0.899. The molecule has 95 heavy (non-hydrogen) atoms. The van der Waals surface area contributed by atoms with Crippen LogP contribution in [0.15, 0.2) is 0 Å². The molecular weight excluding hydrogens is 1200 g/mol. The van der Waals surface area contributed by atoms with E-state index in [4.69, 9.17) is 37.9 Å². The van der Waals surface area contributed by atoms with E-state index in [2.05, 4.69) is 41.5 Å². The summed E-state index contributed by atoms with van der Waals surface area (Å²) in [4.78, 5) is 96.3. The molecule has 12 aliphatic rings. The van der Waals surface area contributed by atoms with Gasteiger partial charge in [-0.2, -0.15) is 0 Å². The number of ether oxygens (including phenoxy) is 8. The second-order valence-corrected chi connectivity index (χ2v) is 34.7.